The molecular formula is C15H21N3. The molecule has 3 heteroatoms. The monoisotopic (exact) mass is 243 g/mol. The van der Waals surface area contributed by atoms with E-state index in [1.807, 2.05) is 24.3 Å². The maximum absolute atomic E-state index is 4.59. The number of rotatable bonds is 5. The molecule has 3 nitrogen and oxygen atoms in total. The number of nitrogens with one attached hydrogen (secondary N) is 1. The molecule has 0 aliphatic rings. The molecule has 0 saturated heterocycles. The van der Waals surface area contributed by atoms with Crippen molar-refractivity contribution in [1.82, 2.24) is 9.88 Å². The van der Waals surface area contributed by atoms with Crippen LogP contribution in [0.2, 0.25) is 0 Å². The molecule has 0 saturated carbocycles. The van der Waals surface area contributed by atoms with Crippen molar-refractivity contribution in [3.05, 3.63) is 36.4 Å². The Labute approximate surface area is 109 Å². The van der Waals surface area contributed by atoms with E-state index in [2.05, 4.69) is 48.2 Å². The van der Waals surface area contributed by atoms with Gasteiger partial charge in [-0.05, 0) is 39.1 Å². The first kappa shape index (κ1) is 12.8. The number of aromatic nitrogens is 1. The molecule has 0 spiro atoms. The van der Waals surface area contributed by atoms with Gasteiger partial charge in [-0.1, -0.05) is 18.2 Å². The summed E-state index contributed by atoms with van der Waals surface area (Å²) in [6, 6.07) is 12.9. The van der Waals surface area contributed by atoms with E-state index in [0.29, 0.717) is 6.04 Å². The second-order valence-electron chi connectivity index (χ2n) is 4.89. The van der Waals surface area contributed by atoms with Crippen LogP contribution in [0.15, 0.2) is 36.4 Å². The van der Waals surface area contributed by atoms with Crippen molar-refractivity contribution >= 4 is 16.7 Å². The van der Waals surface area contributed by atoms with E-state index in [1.165, 1.54) is 5.39 Å². The van der Waals surface area contributed by atoms with Crippen molar-refractivity contribution in [1.29, 1.82) is 0 Å². The molecule has 1 N–H and O–H groups in total. The van der Waals surface area contributed by atoms with E-state index in [0.717, 1.165) is 24.4 Å². The minimum absolute atomic E-state index is 0.580. The fourth-order valence-electron chi connectivity index (χ4n) is 1.78. The number of para-hydroxylation sites is 1. The molecular weight excluding hydrogens is 222 g/mol. The van der Waals surface area contributed by atoms with Crippen LogP contribution in [0, 0.1) is 0 Å². The van der Waals surface area contributed by atoms with Gasteiger partial charge >= 0.3 is 0 Å². The molecule has 0 unspecified atom stereocenters. The second-order valence-corrected chi connectivity index (χ2v) is 4.89. The third-order valence-electron chi connectivity index (χ3n) is 3.25. The highest BCUT2D eigenvalue weighted by molar-refractivity contribution is 5.79. The molecule has 0 amide bonds. The molecule has 96 valence electrons. The number of likely N-dealkylation sites (N-methyl/N-ethyl adjacent to an activating group) is 1. The van der Waals surface area contributed by atoms with Crippen LogP contribution in [0.4, 0.5) is 5.82 Å². The summed E-state index contributed by atoms with van der Waals surface area (Å²) in [6.45, 7) is 6.34. The minimum atomic E-state index is 0.580. The van der Waals surface area contributed by atoms with Crippen LogP contribution in [0.3, 0.4) is 0 Å². The van der Waals surface area contributed by atoms with Gasteiger partial charge in [-0.2, -0.15) is 0 Å². The largest absolute Gasteiger partial charge is 0.369 e. The van der Waals surface area contributed by atoms with Crippen molar-refractivity contribution in [2.45, 2.75) is 19.9 Å². The first-order valence-electron chi connectivity index (χ1n) is 6.47. The van der Waals surface area contributed by atoms with E-state index in [-0.39, 0.29) is 0 Å². The van der Waals surface area contributed by atoms with Gasteiger partial charge in [0.25, 0.3) is 0 Å². The summed E-state index contributed by atoms with van der Waals surface area (Å²) in [7, 11) is 2.14. The van der Waals surface area contributed by atoms with Crippen molar-refractivity contribution in [3.8, 4) is 0 Å². The highest BCUT2D eigenvalue weighted by Gasteiger charge is 2.02. The lowest BCUT2D eigenvalue weighted by molar-refractivity contribution is 0.284. The highest BCUT2D eigenvalue weighted by atomic mass is 15.1. The van der Waals surface area contributed by atoms with E-state index >= 15 is 0 Å². The van der Waals surface area contributed by atoms with Gasteiger partial charge in [-0.15, -0.1) is 0 Å². The molecule has 2 rings (SSSR count). The van der Waals surface area contributed by atoms with Gasteiger partial charge in [0.15, 0.2) is 0 Å². The third kappa shape index (κ3) is 3.20. The molecule has 0 aliphatic carbocycles. The lowest BCUT2D eigenvalue weighted by Crippen LogP contribution is -2.31. The van der Waals surface area contributed by atoms with Crippen LogP contribution in [0.25, 0.3) is 10.9 Å². The van der Waals surface area contributed by atoms with Crippen LogP contribution in [-0.4, -0.2) is 36.1 Å². The number of hydrogen-bond donors (Lipinski definition) is 1. The zero-order valence-corrected chi connectivity index (χ0v) is 11.4. The number of nitrogens with zero attached hydrogens (tertiary/aromatic N) is 2. The average Bonchev–Trinajstić information content (AvgIpc) is 2.38. The maximum Gasteiger partial charge on any atom is 0.126 e. The summed E-state index contributed by atoms with van der Waals surface area (Å²) in [6.07, 6.45) is 0. The molecule has 0 aliphatic heterocycles. The summed E-state index contributed by atoms with van der Waals surface area (Å²) in [5.41, 5.74) is 1.04. The molecule has 1 aromatic carbocycles. The Bertz CT molecular complexity index is 508. The lowest BCUT2D eigenvalue weighted by Gasteiger charge is -2.21. The normalized spacial score (nSPS) is 11.4. The van der Waals surface area contributed by atoms with E-state index in [4.69, 9.17) is 0 Å². The van der Waals surface area contributed by atoms with Gasteiger partial charge in [0, 0.05) is 24.5 Å². The van der Waals surface area contributed by atoms with Crippen LogP contribution < -0.4 is 5.32 Å². The van der Waals surface area contributed by atoms with E-state index < -0.39 is 0 Å². The topological polar surface area (TPSA) is 28.2 Å². The molecule has 2 aromatic rings. The third-order valence-corrected chi connectivity index (χ3v) is 3.25. The summed E-state index contributed by atoms with van der Waals surface area (Å²) in [4.78, 5) is 6.90. The van der Waals surface area contributed by atoms with E-state index in [9.17, 15) is 0 Å². The van der Waals surface area contributed by atoms with Gasteiger partial charge in [0.1, 0.15) is 5.82 Å². The SMILES string of the molecule is CC(C)N(C)CCNc1ccc2ccccc2n1. The van der Waals surface area contributed by atoms with E-state index in [1.54, 1.807) is 0 Å². The number of anilines is 1. The summed E-state index contributed by atoms with van der Waals surface area (Å²) in [5.74, 6) is 0.950. The number of fused-ring (bicyclic) bond motifs is 1. The van der Waals surface area contributed by atoms with Crippen LogP contribution in [-0.2, 0) is 0 Å². The Morgan fingerprint density at radius 3 is 2.72 bits per heavy atom. The smallest absolute Gasteiger partial charge is 0.126 e. The van der Waals surface area contributed by atoms with Crippen LogP contribution in [0.1, 0.15) is 13.8 Å². The van der Waals surface area contributed by atoms with Gasteiger partial charge in [0.2, 0.25) is 0 Å². The average molecular weight is 243 g/mol. The Morgan fingerprint density at radius 2 is 1.94 bits per heavy atom. The lowest BCUT2D eigenvalue weighted by atomic mass is 10.2. The number of pyridine rings is 1. The highest BCUT2D eigenvalue weighted by Crippen LogP contribution is 2.14. The summed E-state index contributed by atoms with van der Waals surface area (Å²) < 4.78 is 0. The fourth-order valence-corrected chi connectivity index (χ4v) is 1.78. The Kier molecular flexibility index (Phi) is 4.15. The van der Waals surface area contributed by atoms with Crippen LogP contribution >= 0.6 is 0 Å². The molecule has 18 heavy (non-hydrogen) atoms. The number of hydrogen-bond acceptors (Lipinski definition) is 3. The van der Waals surface area contributed by atoms with Crippen LogP contribution in [0.5, 0.6) is 0 Å². The zero-order valence-electron chi connectivity index (χ0n) is 11.4. The van der Waals surface area contributed by atoms with Crippen molar-refractivity contribution in [2.24, 2.45) is 0 Å². The predicted molar refractivity (Wildman–Crippen MR) is 78.0 cm³/mol. The van der Waals surface area contributed by atoms with Crippen molar-refractivity contribution in [3.63, 3.8) is 0 Å². The van der Waals surface area contributed by atoms with Gasteiger partial charge in [0.05, 0.1) is 5.52 Å². The molecule has 1 aromatic heterocycles. The van der Waals surface area contributed by atoms with Gasteiger partial charge < -0.3 is 10.2 Å². The Balaban J connectivity index is 1.96. The van der Waals surface area contributed by atoms with Gasteiger partial charge in [-0.3, -0.25) is 0 Å². The molecule has 0 bridgehead atoms. The van der Waals surface area contributed by atoms with Crippen molar-refractivity contribution < 1.29 is 0 Å². The summed E-state index contributed by atoms with van der Waals surface area (Å²) >= 11 is 0. The van der Waals surface area contributed by atoms with Crippen molar-refractivity contribution in [2.75, 3.05) is 25.5 Å². The number of benzene rings is 1. The molecule has 0 radical (unpaired) electrons. The zero-order chi connectivity index (χ0) is 13.0. The van der Waals surface area contributed by atoms with Gasteiger partial charge in [-0.25, -0.2) is 4.98 Å². The first-order chi connectivity index (χ1) is 8.66. The Hall–Kier alpha value is -1.61. The first-order valence-corrected chi connectivity index (χ1v) is 6.47. The molecule has 1 heterocycles. The second kappa shape index (κ2) is 5.83. The standard InChI is InChI=1S/C15H21N3/c1-12(2)18(3)11-10-16-15-9-8-13-6-4-5-7-14(13)17-15/h4-9,12H,10-11H2,1-3H3,(H,16,17). The fraction of sp³-hybridized carbons (Fsp3) is 0.400. The maximum atomic E-state index is 4.59. The molecule has 0 fully saturated rings. The minimum Gasteiger partial charge on any atom is -0.369 e. The quantitative estimate of drug-likeness (QED) is 0.875. The summed E-state index contributed by atoms with van der Waals surface area (Å²) in [5, 5.41) is 4.55. The Morgan fingerprint density at radius 1 is 1.17 bits per heavy atom. The predicted octanol–water partition coefficient (Wildman–Crippen LogP) is 2.99. The molecule has 0 atom stereocenters.